The van der Waals surface area contributed by atoms with E-state index in [4.69, 9.17) is 11.6 Å². The van der Waals surface area contributed by atoms with Gasteiger partial charge in [0, 0.05) is 5.69 Å². The summed E-state index contributed by atoms with van der Waals surface area (Å²) in [6.45, 7) is 0. The summed E-state index contributed by atoms with van der Waals surface area (Å²) in [6, 6.07) is 24.9. The lowest BCUT2D eigenvalue weighted by molar-refractivity contribution is -0.107. The zero-order valence-corrected chi connectivity index (χ0v) is 15.3. The van der Waals surface area contributed by atoms with Crippen LogP contribution in [0.3, 0.4) is 0 Å². The minimum absolute atomic E-state index is 0.537. The quantitative estimate of drug-likeness (QED) is 0.467. The van der Waals surface area contributed by atoms with E-state index in [9.17, 15) is 9.00 Å². The molecule has 0 aliphatic heterocycles. The number of anilines is 1. The molecule has 3 aromatic carbocycles. The van der Waals surface area contributed by atoms with Crippen molar-refractivity contribution in [3.8, 4) is 11.1 Å². The van der Waals surface area contributed by atoms with Crippen molar-refractivity contribution in [2.45, 2.75) is 4.90 Å². The zero-order chi connectivity index (χ0) is 18.4. The van der Waals surface area contributed by atoms with Crippen molar-refractivity contribution in [3.63, 3.8) is 0 Å². The Morgan fingerprint density at radius 1 is 0.885 bits per heavy atom. The van der Waals surface area contributed by atoms with Gasteiger partial charge in [-0.05, 0) is 58.6 Å². The summed E-state index contributed by atoms with van der Waals surface area (Å²) in [5, 5.41) is -0.537. The van der Waals surface area contributed by atoms with Crippen LogP contribution in [0.15, 0.2) is 89.8 Å². The minimum Gasteiger partial charge on any atom is -0.301 e. The van der Waals surface area contributed by atoms with E-state index >= 15 is 0 Å². The third-order valence-corrected chi connectivity index (χ3v) is 4.93. The Bertz CT molecular complexity index is 953. The van der Waals surface area contributed by atoms with Crippen LogP contribution < -0.4 is 4.72 Å². The summed E-state index contributed by atoms with van der Waals surface area (Å²) in [4.78, 5) is 11.5. The molecule has 0 radical (unpaired) electrons. The van der Waals surface area contributed by atoms with Gasteiger partial charge in [-0.3, -0.25) is 4.79 Å². The molecule has 0 amide bonds. The van der Waals surface area contributed by atoms with Crippen molar-refractivity contribution in [2.24, 2.45) is 0 Å². The van der Waals surface area contributed by atoms with Crippen LogP contribution in [0.4, 0.5) is 5.69 Å². The first kappa shape index (κ1) is 18.1. The average molecular weight is 382 g/mol. The summed E-state index contributed by atoms with van der Waals surface area (Å²) < 4.78 is 15.5. The fourth-order valence-electron chi connectivity index (χ4n) is 2.44. The second-order valence-corrected chi connectivity index (χ2v) is 7.11. The van der Waals surface area contributed by atoms with Gasteiger partial charge in [-0.2, -0.15) is 0 Å². The maximum absolute atomic E-state index is 12.5. The van der Waals surface area contributed by atoms with Gasteiger partial charge in [0.15, 0.2) is 0 Å². The molecule has 0 bridgehead atoms. The molecule has 1 N–H and O–H groups in total. The number of halogens is 1. The minimum atomic E-state index is -1.39. The van der Waals surface area contributed by atoms with Gasteiger partial charge in [0.05, 0.1) is 4.90 Å². The molecule has 26 heavy (non-hydrogen) atoms. The van der Waals surface area contributed by atoms with Gasteiger partial charge in [0.25, 0.3) is 0 Å². The number of hydrogen-bond acceptors (Lipinski definition) is 2. The van der Waals surface area contributed by atoms with Crippen LogP contribution in [0.2, 0.25) is 0 Å². The van der Waals surface area contributed by atoms with E-state index < -0.39 is 16.2 Å². The number of nitrogens with one attached hydrogen (secondary N) is 1. The molecule has 0 aromatic heterocycles. The van der Waals surface area contributed by atoms with Crippen molar-refractivity contribution in [3.05, 3.63) is 90.5 Å². The van der Waals surface area contributed by atoms with E-state index in [-0.39, 0.29) is 0 Å². The third kappa shape index (κ3) is 4.91. The Balaban J connectivity index is 1.72. The Labute approximate surface area is 159 Å². The van der Waals surface area contributed by atoms with Crippen molar-refractivity contribution < 1.29 is 9.00 Å². The van der Waals surface area contributed by atoms with Crippen LogP contribution in [0.25, 0.3) is 17.2 Å². The maximum atomic E-state index is 12.5. The Morgan fingerprint density at radius 2 is 1.58 bits per heavy atom. The molecule has 3 aromatic rings. The first-order valence-corrected chi connectivity index (χ1v) is 9.46. The topological polar surface area (TPSA) is 46.2 Å². The van der Waals surface area contributed by atoms with Crippen molar-refractivity contribution in [1.82, 2.24) is 0 Å². The van der Waals surface area contributed by atoms with Gasteiger partial charge < -0.3 is 4.72 Å². The van der Waals surface area contributed by atoms with E-state index in [0.29, 0.717) is 10.6 Å². The SMILES string of the molecule is O=C(Cl)/C=C/c1cccc(NS(=O)c2ccc(-c3ccccc3)cc2)c1. The number of allylic oxidation sites excluding steroid dienone is 1. The second kappa shape index (κ2) is 8.61. The maximum Gasteiger partial charge on any atom is 0.245 e. The van der Waals surface area contributed by atoms with Crippen LogP contribution in [-0.4, -0.2) is 9.45 Å². The molecule has 0 fully saturated rings. The first-order chi connectivity index (χ1) is 12.6. The highest BCUT2D eigenvalue weighted by Gasteiger charge is 2.05. The monoisotopic (exact) mass is 381 g/mol. The number of hydrogen-bond donors (Lipinski definition) is 1. The van der Waals surface area contributed by atoms with Crippen LogP contribution in [0.1, 0.15) is 5.56 Å². The largest absolute Gasteiger partial charge is 0.301 e. The summed E-state index contributed by atoms with van der Waals surface area (Å²) in [5.41, 5.74) is 3.68. The van der Waals surface area contributed by atoms with Crippen molar-refractivity contribution in [2.75, 3.05) is 4.72 Å². The fourth-order valence-corrected chi connectivity index (χ4v) is 3.34. The van der Waals surface area contributed by atoms with Gasteiger partial charge in [0.2, 0.25) is 5.24 Å². The molecule has 3 rings (SSSR count). The molecule has 0 saturated heterocycles. The van der Waals surface area contributed by atoms with Gasteiger partial charge in [-0.1, -0.05) is 60.7 Å². The molecule has 0 heterocycles. The smallest absolute Gasteiger partial charge is 0.245 e. The predicted octanol–water partition coefficient (Wildman–Crippen LogP) is 5.27. The van der Waals surface area contributed by atoms with Gasteiger partial charge >= 0.3 is 0 Å². The van der Waals surface area contributed by atoms with E-state index in [0.717, 1.165) is 16.7 Å². The lowest BCUT2D eigenvalue weighted by atomic mass is 10.1. The van der Waals surface area contributed by atoms with Crippen LogP contribution >= 0.6 is 11.6 Å². The van der Waals surface area contributed by atoms with E-state index in [2.05, 4.69) is 4.72 Å². The highest BCUT2D eigenvalue weighted by molar-refractivity contribution is 7.86. The molecule has 0 saturated carbocycles. The normalized spacial score (nSPS) is 12.0. The number of rotatable bonds is 6. The molecular formula is C21H16ClNO2S. The summed E-state index contributed by atoms with van der Waals surface area (Å²) >= 11 is 5.30. The number of benzene rings is 3. The second-order valence-electron chi connectivity index (χ2n) is 5.52. The van der Waals surface area contributed by atoms with E-state index in [1.807, 2.05) is 72.8 Å². The van der Waals surface area contributed by atoms with Gasteiger partial charge in [-0.25, -0.2) is 4.21 Å². The zero-order valence-electron chi connectivity index (χ0n) is 13.8. The molecule has 5 heteroatoms. The highest BCUT2D eigenvalue weighted by Crippen LogP contribution is 2.21. The first-order valence-electron chi connectivity index (χ1n) is 7.93. The lowest BCUT2D eigenvalue weighted by Gasteiger charge is -2.08. The molecule has 0 aliphatic carbocycles. The number of carbonyl (C=O) groups is 1. The van der Waals surface area contributed by atoms with E-state index in [1.165, 1.54) is 6.08 Å². The van der Waals surface area contributed by atoms with Crippen molar-refractivity contribution in [1.29, 1.82) is 0 Å². The standard InChI is InChI=1S/C21H16ClNO2S/c22-21(24)14-9-16-5-4-8-19(15-16)23-26(25)20-12-10-18(11-13-20)17-6-2-1-3-7-17/h1-15,23H/b14-9+. The summed E-state index contributed by atoms with van der Waals surface area (Å²) in [5.74, 6) is 0. The molecule has 0 spiro atoms. The molecule has 0 aliphatic rings. The third-order valence-electron chi connectivity index (χ3n) is 3.68. The molecule has 1 unspecified atom stereocenters. The highest BCUT2D eigenvalue weighted by atomic mass is 35.5. The lowest BCUT2D eigenvalue weighted by Crippen LogP contribution is -2.04. The van der Waals surface area contributed by atoms with Crippen LogP contribution in [0.5, 0.6) is 0 Å². The summed E-state index contributed by atoms with van der Waals surface area (Å²) in [7, 11) is -1.39. The number of carbonyl (C=O) groups excluding carboxylic acids is 1. The molecule has 3 nitrogen and oxygen atoms in total. The van der Waals surface area contributed by atoms with Crippen LogP contribution in [0, 0.1) is 0 Å². The fraction of sp³-hybridized carbons (Fsp3) is 0. The predicted molar refractivity (Wildman–Crippen MR) is 108 cm³/mol. The van der Waals surface area contributed by atoms with Gasteiger partial charge in [-0.15, -0.1) is 0 Å². The average Bonchev–Trinajstić information content (AvgIpc) is 2.67. The van der Waals surface area contributed by atoms with Gasteiger partial charge in [0.1, 0.15) is 11.0 Å². The Hall–Kier alpha value is -2.69. The molecule has 130 valence electrons. The van der Waals surface area contributed by atoms with Crippen LogP contribution in [-0.2, 0) is 15.8 Å². The summed E-state index contributed by atoms with van der Waals surface area (Å²) in [6.07, 6.45) is 2.89. The van der Waals surface area contributed by atoms with Crippen molar-refractivity contribution >= 4 is 39.6 Å². The Kier molecular flexibility index (Phi) is 6.00. The Morgan fingerprint density at radius 3 is 2.27 bits per heavy atom. The molecule has 1 atom stereocenters. The van der Waals surface area contributed by atoms with E-state index in [1.54, 1.807) is 12.1 Å². The molecular weight excluding hydrogens is 366 g/mol.